The molecule has 0 saturated carbocycles. The van der Waals surface area contributed by atoms with Gasteiger partial charge in [0.25, 0.3) is 0 Å². The van der Waals surface area contributed by atoms with E-state index in [2.05, 4.69) is 16.5 Å². The average molecular weight is 450 g/mol. The third-order valence-electron chi connectivity index (χ3n) is 5.85. The van der Waals surface area contributed by atoms with E-state index >= 15 is 0 Å². The number of aryl methyl sites for hydroxylation is 1. The van der Waals surface area contributed by atoms with Crippen molar-refractivity contribution in [2.45, 2.75) is 33.1 Å². The largest absolute Gasteiger partial charge is 0.493 e. The van der Waals surface area contributed by atoms with Crippen molar-refractivity contribution in [2.24, 2.45) is 0 Å². The lowest BCUT2D eigenvalue weighted by Gasteiger charge is -2.28. The lowest BCUT2D eigenvalue weighted by molar-refractivity contribution is 0.207. The van der Waals surface area contributed by atoms with Gasteiger partial charge in [0.05, 0.1) is 6.61 Å². The molecule has 1 saturated heterocycles. The zero-order valence-corrected chi connectivity index (χ0v) is 18.9. The SMILES string of the molecule is Cc1onc(NC(=O)N2CCC(=Cc3cccc(OCCc4cccc(F)c4)c3)CC2)c1C. The summed E-state index contributed by atoms with van der Waals surface area (Å²) in [6.07, 6.45) is 4.44. The van der Waals surface area contributed by atoms with Gasteiger partial charge in [0.15, 0.2) is 5.82 Å². The van der Waals surface area contributed by atoms with E-state index in [9.17, 15) is 9.18 Å². The molecular formula is C26H28FN3O3. The molecule has 0 unspecified atom stereocenters. The number of carbonyl (C=O) groups is 1. The van der Waals surface area contributed by atoms with Crippen LogP contribution in [0.1, 0.15) is 35.3 Å². The summed E-state index contributed by atoms with van der Waals surface area (Å²) in [5.41, 5.74) is 4.13. The van der Waals surface area contributed by atoms with E-state index in [1.807, 2.05) is 44.2 Å². The molecule has 1 N–H and O–H groups in total. The van der Waals surface area contributed by atoms with E-state index in [1.165, 1.54) is 17.7 Å². The predicted molar refractivity (Wildman–Crippen MR) is 126 cm³/mol. The van der Waals surface area contributed by atoms with Crippen molar-refractivity contribution >= 4 is 17.9 Å². The van der Waals surface area contributed by atoms with Gasteiger partial charge in [0, 0.05) is 25.1 Å². The van der Waals surface area contributed by atoms with Crippen LogP contribution in [0.2, 0.25) is 0 Å². The second-order valence-corrected chi connectivity index (χ2v) is 8.23. The van der Waals surface area contributed by atoms with E-state index in [0.29, 0.717) is 37.7 Å². The summed E-state index contributed by atoms with van der Waals surface area (Å²) in [5, 5.41) is 6.73. The summed E-state index contributed by atoms with van der Waals surface area (Å²) in [7, 11) is 0. The zero-order chi connectivity index (χ0) is 23.2. The van der Waals surface area contributed by atoms with Crippen LogP contribution in [0.5, 0.6) is 5.75 Å². The molecule has 0 radical (unpaired) electrons. The highest BCUT2D eigenvalue weighted by Crippen LogP contribution is 2.23. The Morgan fingerprint density at radius 1 is 1.18 bits per heavy atom. The Morgan fingerprint density at radius 2 is 1.97 bits per heavy atom. The maximum atomic E-state index is 13.3. The van der Waals surface area contributed by atoms with Crippen LogP contribution in [0, 0.1) is 19.7 Å². The number of benzene rings is 2. The molecule has 0 spiro atoms. The van der Waals surface area contributed by atoms with E-state index < -0.39 is 0 Å². The summed E-state index contributed by atoms with van der Waals surface area (Å²) < 4.78 is 24.3. The number of halogens is 1. The molecule has 2 aromatic carbocycles. The van der Waals surface area contributed by atoms with Gasteiger partial charge in [-0.25, -0.2) is 9.18 Å². The van der Waals surface area contributed by atoms with E-state index in [4.69, 9.17) is 9.26 Å². The van der Waals surface area contributed by atoms with Gasteiger partial charge in [-0.1, -0.05) is 41.1 Å². The van der Waals surface area contributed by atoms with Gasteiger partial charge >= 0.3 is 6.03 Å². The Balaban J connectivity index is 1.28. The topological polar surface area (TPSA) is 67.6 Å². The third kappa shape index (κ3) is 6.00. The summed E-state index contributed by atoms with van der Waals surface area (Å²) in [4.78, 5) is 14.3. The van der Waals surface area contributed by atoms with Gasteiger partial charge in [0.2, 0.25) is 0 Å². The van der Waals surface area contributed by atoms with Crippen LogP contribution in [0.25, 0.3) is 6.08 Å². The monoisotopic (exact) mass is 449 g/mol. The molecule has 1 aliphatic rings. The molecule has 3 aromatic rings. The highest BCUT2D eigenvalue weighted by Gasteiger charge is 2.21. The Labute approximate surface area is 193 Å². The van der Waals surface area contributed by atoms with E-state index in [1.54, 1.807) is 11.0 Å². The Bertz CT molecular complexity index is 1150. The summed E-state index contributed by atoms with van der Waals surface area (Å²) in [6.45, 7) is 5.48. The minimum atomic E-state index is -0.229. The number of rotatable bonds is 6. The number of likely N-dealkylation sites (tertiary alicyclic amines) is 1. The first-order valence-corrected chi connectivity index (χ1v) is 11.1. The smallest absolute Gasteiger partial charge is 0.323 e. The Kier molecular flexibility index (Phi) is 7.07. The summed E-state index contributed by atoms with van der Waals surface area (Å²) in [5.74, 6) is 1.74. The average Bonchev–Trinajstić information content (AvgIpc) is 3.12. The molecule has 4 rings (SSSR count). The fourth-order valence-electron chi connectivity index (χ4n) is 3.77. The fraction of sp³-hybridized carbons (Fsp3) is 0.308. The van der Waals surface area contributed by atoms with Crippen molar-refractivity contribution in [2.75, 3.05) is 25.0 Å². The van der Waals surface area contributed by atoms with Crippen LogP contribution in [-0.4, -0.2) is 35.8 Å². The number of ether oxygens (including phenoxy) is 1. The molecule has 6 nitrogen and oxygen atoms in total. The first kappa shape index (κ1) is 22.6. The second-order valence-electron chi connectivity index (χ2n) is 8.23. The number of anilines is 1. The quantitative estimate of drug-likeness (QED) is 0.519. The normalized spacial score (nSPS) is 13.7. The number of hydrogen-bond acceptors (Lipinski definition) is 4. The maximum absolute atomic E-state index is 13.3. The number of carbonyl (C=O) groups excluding carboxylic acids is 1. The standard InChI is InChI=1S/C26H28FN3O3/c1-18-19(2)33-29-25(18)28-26(31)30-12-9-21(10-13-30)15-22-6-4-8-24(17-22)32-14-11-20-5-3-7-23(27)16-20/h3-8,15-17H,9-14H2,1-2H3,(H,28,29,31). The van der Waals surface area contributed by atoms with Crippen molar-refractivity contribution < 1.29 is 18.4 Å². The van der Waals surface area contributed by atoms with Gasteiger partial charge in [-0.3, -0.25) is 5.32 Å². The van der Waals surface area contributed by atoms with Crippen LogP contribution in [0.15, 0.2) is 58.6 Å². The Morgan fingerprint density at radius 3 is 2.70 bits per heavy atom. The van der Waals surface area contributed by atoms with Crippen molar-refractivity contribution in [1.29, 1.82) is 0 Å². The van der Waals surface area contributed by atoms with Crippen molar-refractivity contribution in [1.82, 2.24) is 10.1 Å². The molecule has 172 valence electrons. The Hall–Kier alpha value is -3.61. The maximum Gasteiger partial charge on any atom is 0.323 e. The van der Waals surface area contributed by atoms with E-state index in [-0.39, 0.29) is 11.8 Å². The number of amides is 2. The zero-order valence-electron chi connectivity index (χ0n) is 18.9. The first-order chi connectivity index (χ1) is 16.0. The fourth-order valence-corrected chi connectivity index (χ4v) is 3.77. The number of hydrogen-bond donors (Lipinski definition) is 1. The van der Waals surface area contributed by atoms with Crippen LogP contribution in [-0.2, 0) is 6.42 Å². The second kappa shape index (κ2) is 10.3. The minimum Gasteiger partial charge on any atom is -0.493 e. The minimum absolute atomic E-state index is 0.154. The molecule has 0 aliphatic carbocycles. The summed E-state index contributed by atoms with van der Waals surface area (Å²) >= 11 is 0. The van der Waals surface area contributed by atoms with Gasteiger partial charge < -0.3 is 14.2 Å². The van der Waals surface area contributed by atoms with Gasteiger partial charge in [-0.2, -0.15) is 0 Å². The lowest BCUT2D eigenvalue weighted by Crippen LogP contribution is -2.39. The number of urea groups is 1. The molecule has 7 heteroatoms. The highest BCUT2D eigenvalue weighted by atomic mass is 19.1. The molecule has 2 heterocycles. The third-order valence-corrected chi connectivity index (χ3v) is 5.85. The highest BCUT2D eigenvalue weighted by molar-refractivity contribution is 5.89. The predicted octanol–water partition coefficient (Wildman–Crippen LogP) is 5.76. The number of aromatic nitrogens is 1. The molecule has 2 amide bonds. The van der Waals surface area contributed by atoms with Gasteiger partial charge in [-0.05, 0) is 62.1 Å². The molecule has 1 fully saturated rings. The van der Waals surface area contributed by atoms with Crippen LogP contribution in [0.3, 0.4) is 0 Å². The molecule has 33 heavy (non-hydrogen) atoms. The molecular weight excluding hydrogens is 421 g/mol. The summed E-state index contributed by atoms with van der Waals surface area (Å²) in [6, 6.07) is 14.4. The van der Waals surface area contributed by atoms with Crippen LogP contribution >= 0.6 is 0 Å². The van der Waals surface area contributed by atoms with Gasteiger partial charge in [0.1, 0.15) is 17.3 Å². The molecule has 0 atom stereocenters. The lowest BCUT2D eigenvalue weighted by atomic mass is 10.0. The molecule has 0 bridgehead atoms. The van der Waals surface area contributed by atoms with Gasteiger partial charge in [-0.15, -0.1) is 0 Å². The van der Waals surface area contributed by atoms with E-state index in [0.717, 1.165) is 35.3 Å². The van der Waals surface area contributed by atoms with Crippen LogP contribution < -0.4 is 10.1 Å². The van der Waals surface area contributed by atoms with Crippen LogP contribution in [0.4, 0.5) is 15.0 Å². The first-order valence-electron chi connectivity index (χ1n) is 11.1. The number of piperidine rings is 1. The molecule has 1 aromatic heterocycles. The van der Waals surface area contributed by atoms with Crippen molar-refractivity contribution in [3.63, 3.8) is 0 Å². The van der Waals surface area contributed by atoms with Crippen molar-refractivity contribution in [3.8, 4) is 5.75 Å². The number of nitrogens with one attached hydrogen (secondary N) is 1. The number of nitrogens with zero attached hydrogens (tertiary/aromatic N) is 2. The van der Waals surface area contributed by atoms with Crippen molar-refractivity contribution in [3.05, 3.63) is 82.4 Å². The molecule has 1 aliphatic heterocycles.